The first kappa shape index (κ1) is 17.4. The summed E-state index contributed by atoms with van der Waals surface area (Å²) in [5.74, 6) is 0. The molecule has 0 radical (unpaired) electrons. The molecule has 0 amide bonds. The summed E-state index contributed by atoms with van der Waals surface area (Å²) in [7, 11) is -7.19. The van der Waals surface area contributed by atoms with Gasteiger partial charge < -0.3 is 0 Å². The highest BCUT2D eigenvalue weighted by atomic mass is 32.2. The predicted molar refractivity (Wildman–Crippen MR) is 84.4 cm³/mol. The van der Waals surface area contributed by atoms with Gasteiger partial charge in [0, 0.05) is 12.6 Å². The van der Waals surface area contributed by atoms with Crippen molar-refractivity contribution in [2.75, 3.05) is 6.54 Å². The Balaban J connectivity index is 2.14. The van der Waals surface area contributed by atoms with Crippen LogP contribution < -0.4 is 9.44 Å². The molecule has 2 N–H and O–H groups in total. The number of rotatable bonds is 6. The molecule has 2 rings (SSSR count). The predicted octanol–water partition coefficient (Wildman–Crippen LogP) is 1.45. The highest BCUT2D eigenvalue weighted by Crippen LogP contribution is 2.23. The third-order valence-corrected chi connectivity index (χ3v) is 6.09. The molecule has 1 aliphatic carbocycles. The number of hydrogen-bond donors (Lipinski definition) is 2. The van der Waals surface area contributed by atoms with Crippen LogP contribution in [0.2, 0.25) is 0 Å². The van der Waals surface area contributed by atoms with Gasteiger partial charge in [-0.1, -0.05) is 20.8 Å². The van der Waals surface area contributed by atoms with Gasteiger partial charge in [-0.2, -0.15) is 0 Å². The van der Waals surface area contributed by atoms with Crippen molar-refractivity contribution in [3.63, 3.8) is 0 Å². The Hall–Kier alpha value is -0.960. The van der Waals surface area contributed by atoms with Crippen molar-refractivity contribution < 1.29 is 16.8 Å². The van der Waals surface area contributed by atoms with Gasteiger partial charge in [0.1, 0.15) is 0 Å². The van der Waals surface area contributed by atoms with Crippen LogP contribution >= 0.6 is 0 Å². The molecule has 124 valence electrons. The van der Waals surface area contributed by atoms with E-state index in [1.807, 2.05) is 20.8 Å². The van der Waals surface area contributed by atoms with Gasteiger partial charge >= 0.3 is 0 Å². The summed E-state index contributed by atoms with van der Waals surface area (Å²) < 4.78 is 53.4. The van der Waals surface area contributed by atoms with Crippen molar-refractivity contribution in [1.29, 1.82) is 0 Å². The molecule has 1 aromatic carbocycles. The molecule has 0 saturated heterocycles. The van der Waals surface area contributed by atoms with Crippen molar-refractivity contribution in [3.05, 3.63) is 24.3 Å². The summed E-state index contributed by atoms with van der Waals surface area (Å²) in [6.45, 7) is 6.08. The average Bonchev–Trinajstić information content (AvgIpc) is 3.19. The lowest BCUT2D eigenvalue weighted by Crippen LogP contribution is -2.32. The van der Waals surface area contributed by atoms with Gasteiger partial charge in [0.05, 0.1) is 9.79 Å². The third kappa shape index (κ3) is 4.77. The molecule has 0 unspecified atom stereocenters. The Morgan fingerprint density at radius 2 is 1.41 bits per heavy atom. The van der Waals surface area contributed by atoms with Crippen LogP contribution in [0, 0.1) is 5.41 Å². The minimum absolute atomic E-state index is 0.0156. The Morgan fingerprint density at radius 3 is 1.82 bits per heavy atom. The van der Waals surface area contributed by atoms with Crippen LogP contribution in [0.15, 0.2) is 34.1 Å². The van der Waals surface area contributed by atoms with E-state index in [4.69, 9.17) is 0 Å². The lowest BCUT2D eigenvalue weighted by atomic mass is 9.98. The first-order valence-electron chi connectivity index (χ1n) is 7.12. The van der Waals surface area contributed by atoms with E-state index in [9.17, 15) is 16.8 Å². The first-order valence-corrected chi connectivity index (χ1v) is 10.1. The average molecular weight is 346 g/mol. The second-order valence-corrected chi connectivity index (χ2v) is 10.2. The molecule has 1 fully saturated rings. The molecule has 8 heteroatoms. The first-order chi connectivity index (χ1) is 10.00. The van der Waals surface area contributed by atoms with Gasteiger partial charge in [0.2, 0.25) is 20.0 Å². The lowest BCUT2D eigenvalue weighted by molar-refractivity contribution is 0.407. The summed E-state index contributed by atoms with van der Waals surface area (Å²) in [5.41, 5.74) is -0.176. The van der Waals surface area contributed by atoms with Gasteiger partial charge in [-0.15, -0.1) is 0 Å². The fraction of sp³-hybridized carbons (Fsp3) is 0.571. The SMILES string of the molecule is CC(C)(C)CNS(=O)(=O)c1ccc(S(=O)(=O)NC2CC2)cc1. The largest absolute Gasteiger partial charge is 0.240 e. The normalized spacial score (nSPS) is 16.7. The topological polar surface area (TPSA) is 92.3 Å². The maximum atomic E-state index is 12.2. The molecule has 0 aromatic heterocycles. The zero-order chi connectivity index (χ0) is 16.6. The van der Waals surface area contributed by atoms with E-state index in [-0.39, 0.29) is 21.2 Å². The summed E-state index contributed by atoms with van der Waals surface area (Å²) in [6.07, 6.45) is 1.70. The van der Waals surface area contributed by atoms with Crippen molar-refractivity contribution in [2.45, 2.75) is 49.4 Å². The molecule has 0 atom stereocenters. The van der Waals surface area contributed by atoms with Crippen LogP contribution in [0.25, 0.3) is 0 Å². The fourth-order valence-corrected chi connectivity index (χ4v) is 4.27. The highest BCUT2D eigenvalue weighted by Gasteiger charge is 2.28. The second-order valence-electron chi connectivity index (χ2n) is 6.75. The molecular formula is C14H22N2O4S2. The minimum atomic E-state index is -3.63. The standard InChI is InChI=1S/C14H22N2O4S2/c1-14(2,3)10-15-21(17,18)12-6-8-13(9-7-12)22(19,20)16-11-4-5-11/h6-9,11,15-16H,4-5,10H2,1-3H3. The van der Waals surface area contributed by atoms with E-state index >= 15 is 0 Å². The van der Waals surface area contributed by atoms with Crippen LogP contribution in [-0.4, -0.2) is 29.4 Å². The maximum absolute atomic E-state index is 12.2. The van der Waals surface area contributed by atoms with E-state index in [0.717, 1.165) is 12.8 Å². The van der Waals surface area contributed by atoms with Crippen LogP contribution in [0.3, 0.4) is 0 Å². The lowest BCUT2D eigenvalue weighted by Gasteiger charge is -2.18. The Kier molecular flexibility index (Phi) is 4.68. The summed E-state index contributed by atoms with van der Waals surface area (Å²) in [6, 6.07) is 5.27. The molecular weight excluding hydrogens is 324 g/mol. The van der Waals surface area contributed by atoms with E-state index in [1.54, 1.807) is 0 Å². The van der Waals surface area contributed by atoms with E-state index in [1.165, 1.54) is 24.3 Å². The van der Waals surface area contributed by atoms with Crippen LogP contribution in [0.5, 0.6) is 0 Å². The maximum Gasteiger partial charge on any atom is 0.240 e. The quantitative estimate of drug-likeness (QED) is 0.815. The van der Waals surface area contributed by atoms with E-state index in [0.29, 0.717) is 6.54 Å². The van der Waals surface area contributed by atoms with Gasteiger partial charge in [-0.3, -0.25) is 0 Å². The van der Waals surface area contributed by atoms with Gasteiger partial charge in [-0.05, 0) is 42.5 Å². The zero-order valence-electron chi connectivity index (χ0n) is 13.0. The number of benzene rings is 1. The number of nitrogens with one attached hydrogen (secondary N) is 2. The van der Waals surface area contributed by atoms with Crippen LogP contribution in [0.1, 0.15) is 33.6 Å². The van der Waals surface area contributed by atoms with Crippen molar-refractivity contribution in [2.24, 2.45) is 5.41 Å². The summed E-state index contributed by atoms with van der Waals surface area (Å²) in [5, 5.41) is 0. The second kappa shape index (κ2) is 5.92. The Bertz CT molecular complexity index is 728. The molecule has 1 saturated carbocycles. The smallest absolute Gasteiger partial charge is 0.211 e. The van der Waals surface area contributed by atoms with Gasteiger partial charge in [0.25, 0.3) is 0 Å². The minimum Gasteiger partial charge on any atom is -0.211 e. The van der Waals surface area contributed by atoms with Crippen LogP contribution in [0.4, 0.5) is 0 Å². The van der Waals surface area contributed by atoms with E-state index < -0.39 is 20.0 Å². The molecule has 6 nitrogen and oxygen atoms in total. The molecule has 0 bridgehead atoms. The zero-order valence-corrected chi connectivity index (χ0v) is 14.6. The molecule has 0 spiro atoms. The fourth-order valence-electron chi connectivity index (χ4n) is 1.68. The van der Waals surface area contributed by atoms with Gasteiger partial charge in [-0.25, -0.2) is 26.3 Å². The molecule has 1 aliphatic rings. The van der Waals surface area contributed by atoms with Crippen molar-refractivity contribution in [1.82, 2.24) is 9.44 Å². The van der Waals surface area contributed by atoms with E-state index in [2.05, 4.69) is 9.44 Å². The van der Waals surface area contributed by atoms with Crippen LogP contribution in [-0.2, 0) is 20.0 Å². The Morgan fingerprint density at radius 1 is 0.955 bits per heavy atom. The number of hydrogen-bond acceptors (Lipinski definition) is 4. The molecule has 0 heterocycles. The third-order valence-electron chi connectivity index (χ3n) is 3.14. The van der Waals surface area contributed by atoms with Gasteiger partial charge in [0.15, 0.2) is 0 Å². The van der Waals surface area contributed by atoms with Crippen molar-refractivity contribution >= 4 is 20.0 Å². The van der Waals surface area contributed by atoms with Crippen molar-refractivity contribution in [3.8, 4) is 0 Å². The molecule has 22 heavy (non-hydrogen) atoms. The summed E-state index contributed by atoms with van der Waals surface area (Å²) in [4.78, 5) is 0.135. The monoisotopic (exact) mass is 346 g/mol. The summed E-state index contributed by atoms with van der Waals surface area (Å²) >= 11 is 0. The molecule has 0 aliphatic heterocycles. The Labute approximate surface area is 132 Å². The number of sulfonamides is 2. The molecule has 1 aromatic rings. The highest BCUT2D eigenvalue weighted by molar-refractivity contribution is 7.90.